The number of pyridine rings is 1. The number of anilines is 2. The minimum atomic E-state index is -0.450. The molecule has 0 aliphatic carbocycles. The van der Waals surface area contributed by atoms with Crippen molar-refractivity contribution in [2.24, 2.45) is 0 Å². The van der Waals surface area contributed by atoms with E-state index in [1.807, 2.05) is 0 Å². The van der Waals surface area contributed by atoms with Crippen molar-refractivity contribution in [3.05, 3.63) is 47.2 Å². The summed E-state index contributed by atoms with van der Waals surface area (Å²) in [6.07, 6.45) is 2.94. The number of hydrogen-bond donors (Lipinski definition) is 3. The Bertz CT molecular complexity index is 602. The van der Waals surface area contributed by atoms with Gasteiger partial charge in [-0.2, -0.15) is 0 Å². The minimum Gasteiger partial charge on any atom is -0.508 e. The average Bonchev–Trinajstić information content (AvgIpc) is 2.35. The molecule has 2 rings (SSSR count). The number of phenolic OH excluding ortho intramolecular Hbond substituents is 1. The van der Waals surface area contributed by atoms with Gasteiger partial charge in [-0.1, -0.05) is 11.6 Å². The van der Waals surface area contributed by atoms with Crippen molar-refractivity contribution in [3.63, 3.8) is 0 Å². The van der Waals surface area contributed by atoms with E-state index >= 15 is 0 Å². The molecule has 0 fully saturated rings. The fraction of sp³-hybridized carbons (Fsp3) is 0. The predicted molar refractivity (Wildman–Crippen MR) is 69.7 cm³/mol. The van der Waals surface area contributed by atoms with Crippen LogP contribution in [0.4, 0.5) is 11.4 Å². The Morgan fingerprint density at radius 1 is 1.39 bits per heavy atom. The highest BCUT2D eigenvalue weighted by atomic mass is 35.5. The summed E-state index contributed by atoms with van der Waals surface area (Å²) in [4.78, 5) is 15.8. The largest absolute Gasteiger partial charge is 0.508 e. The van der Waals surface area contributed by atoms with Crippen molar-refractivity contribution in [2.75, 3.05) is 11.1 Å². The Balaban J connectivity index is 2.28. The maximum Gasteiger partial charge on any atom is 0.257 e. The van der Waals surface area contributed by atoms with Gasteiger partial charge in [-0.15, -0.1) is 0 Å². The van der Waals surface area contributed by atoms with Gasteiger partial charge in [-0.05, 0) is 24.3 Å². The first-order chi connectivity index (χ1) is 8.58. The summed E-state index contributed by atoms with van der Waals surface area (Å²) in [7, 11) is 0. The van der Waals surface area contributed by atoms with Crippen molar-refractivity contribution >= 4 is 28.9 Å². The number of carbonyl (C=O) groups is 1. The molecule has 0 radical (unpaired) electrons. The van der Waals surface area contributed by atoms with E-state index in [9.17, 15) is 9.90 Å². The monoisotopic (exact) mass is 263 g/mol. The molecule has 1 aromatic heterocycles. The standard InChI is InChI=1S/C12H10ClN3O2/c13-9-2-1-7(17)5-8(9)12(18)16-11-3-4-15-6-10(11)14/h1-6,17H,14H2,(H,15,16,18). The van der Waals surface area contributed by atoms with Gasteiger partial charge in [0.2, 0.25) is 0 Å². The molecule has 0 saturated heterocycles. The molecule has 0 spiro atoms. The predicted octanol–water partition coefficient (Wildman–Crippen LogP) is 2.28. The maximum absolute atomic E-state index is 12.0. The van der Waals surface area contributed by atoms with Gasteiger partial charge in [-0.3, -0.25) is 9.78 Å². The molecule has 0 aliphatic rings. The molecule has 18 heavy (non-hydrogen) atoms. The highest BCUT2D eigenvalue weighted by Gasteiger charge is 2.12. The molecule has 6 heteroatoms. The normalized spacial score (nSPS) is 10.1. The van der Waals surface area contributed by atoms with Crippen LogP contribution >= 0.6 is 11.6 Å². The van der Waals surface area contributed by atoms with Crippen LogP contribution in [0.3, 0.4) is 0 Å². The zero-order valence-electron chi connectivity index (χ0n) is 9.22. The maximum atomic E-state index is 12.0. The van der Waals surface area contributed by atoms with Gasteiger partial charge in [-0.25, -0.2) is 0 Å². The number of amides is 1. The molecule has 0 bridgehead atoms. The quantitative estimate of drug-likeness (QED) is 0.775. The summed E-state index contributed by atoms with van der Waals surface area (Å²) in [5, 5.41) is 12.2. The third kappa shape index (κ3) is 2.52. The van der Waals surface area contributed by atoms with Gasteiger partial charge >= 0.3 is 0 Å². The molecule has 0 aliphatic heterocycles. The van der Waals surface area contributed by atoms with Crippen LogP contribution in [0, 0.1) is 0 Å². The number of nitrogens with zero attached hydrogens (tertiary/aromatic N) is 1. The first-order valence-electron chi connectivity index (χ1n) is 5.07. The third-order valence-corrected chi connectivity index (χ3v) is 2.62. The van der Waals surface area contributed by atoms with E-state index in [0.717, 1.165) is 0 Å². The van der Waals surface area contributed by atoms with E-state index in [4.69, 9.17) is 17.3 Å². The summed E-state index contributed by atoms with van der Waals surface area (Å²) < 4.78 is 0. The van der Waals surface area contributed by atoms with Crippen LogP contribution < -0.4 is 11.1 Å². The molecule has 4 N–H and O–H groups in total. The number of halogens is 1. The smallest absolute Gasteiger partial charge is 0.257 e. The van der Waals surface area contributed by atoms with E-state index < -0.39 is 5.91 Å². The molecular weight excluding hydrogens is 254 g/mol. The number of rotatable bonds is 2. The van der Waals surface area contributed by atoms with Gasteiger partial charge < -0.3 is 16.2 Å². The summed E-state index contributed by atoms with van der Waals surface area (Å²) >= 11 is 5.88. The highest BCUT2D eigenvalue weighted by molar-refractivity contribution is 6.34. The van der Waals surface area contributed by atoms with Crippen molar-refractivity contribution < 1.29 is 9.90 Å². The SMILES string of the molecule is Nc1cnccc1NC(=O)c1cc(O)ccc1Cl. The highest BCUT2D eigenvalue weighted by Crippen LogP contribution is 2.23. The Hall–Kier alpha value is -2.27. The Kier molecular flexibility index (Phi) is 3.34. The molecule has 92 valence electrons. The van der Waals surface area contributed by atoms with E-state index in [0.29, 0.717) is 11.4 Å². The van der Waals surface area contributed by atoms with Gasteiger partial charge in [0, 0.05) is 6.20 Å². The lowest BCUT2D eigenvalue weighted by atomic mass is 10.2. The topological polar surface area (TPSA) is 88.2 Å². The lowest BCUT2D eigenvalue weighted by molar-refractivity contribution is 0.102. The molecule has 1 heterocycles. The number of benzene rings is 1. The Morgan fingerprint density at radius 2 is 2.17 bits per heavy atom. The number of carbonyl (C=O) groups excluding carboxylic acids is 1. The van der Waals surface area contributed by atoms with Crippen LogP contribution in [0.2, 0.25) is 5.02 Å². The van der Waals surface area contributed by atoms with Crippen LogP contribution in [0.5, 0.6) is 5.75 Å². The van der Waals surface area contributed by atoms with E-state index in [1.54, 1.807) is 6.07 Å². The van der Waals surface area contributed by atoms with Crippen LogP contribution in [0.15, 0.2) is 36.7 Å². The number of nitrogen functional groups attached to an aromatic ring is 1. The number of aromatic hydroxyl groups is 1. The number of aromatic nitrogens is 1. The van der Waals surface area contributed by atoms with Crippen LogP contribution in [0.25, 0.3) is 0 Å². The lowest BCUT2D eigenvalue weighted by Crippen LogP contribution is -2.13. The third-order valence-electron chi connectivity index (χ3n) is 2.29. The van der Waals surface area contributed by atoms with Crippen molar-refractivity contribution in [1.29, 1.82) is 0 Å². The minimum absolute atomic E-state index is 0.0350. The van der Waals surface area contributed by atoms with E-state index in [1.165, 1.54) is 30.6 Å². The molecule has 0 saturated carbocycles. The number of hydrogen-bond acceptors (Lipinski definition) is 4. The van der Waals surface area contributed by atoms with Crippen molar-refractivity contribution in [3.8, 4) is 5.75 Å². The Morgan fingerprint density at radius 3 is 2.89 bits per heavy atom. The second-order valence-corrected chi connectivity index (χ2v) is 3.99. The molecule has 1 amide bonds. The van der Waals surface area contributed by atoms with Crippen molar-refractivity contribution in [2.45, 2.75) is 0 Å². The fourth-order valence-corrected chi connectivity index (χ4v) is 1.60. The van der Waals surface area contributed by atoms with Gasteiger partial charge in [0.05, 0.1) is 28.2 Å². The van der Waals surface area contributed by atoms with Gasteiger partial charge in [0.15, 0.2) is 0 Å². The summed E-state index contributed by atoms with van der Waals surface area (Å²) in [6.45, 7) is 0. The van der Waals surface area contributed by atoms with Crippen LogP contribution in [-0.4, -0.2) is 16.0 Å². The molecule has 0 atom stereocenters. The molecule has 0 unspecified atom stereocenters. The molecular formula is C12H10ClN3O2. The summed E-state index contributed by atoms with van der Waals surface area (Å²) in [6, 6.07) is 5.71. The fourth-order valence-electron chi connectivity index (χ4n) is 1.40. The molecule has 2 aromatic rings. The van der Waals surface area contributed by atoms with Crippen LogP contribution in [-0.2, 0) is 0 Å². The molecule has 1 aromatic carbocycles. The first kappa shape index (κ1) is 12.2. The summed E-state index contributed by atoms with van der Waals surface area (Å²) in [5.41, 5.74) is 6.62. The van der Waals surface area contributed by atoms with Crippen LogP contribution in [0.1, 0.15) is 10.4 Å². The number of phenols is 1. The zero-order valence-corrected chi connectivity index (χ0v) is 9.98. The number of nitrogens with two attached hydrogens (primary N) is 1. The van der Waals surface area contributed by atoms with Gasteiger partial charge in [0.25, 0.3) is 5.91 Å². The van der Waals surface area contributed by atoms with Gasteiger partial charge in [0.1, 0.15) is 5.75 Å². The Labute approximate surface area is 108 Å². The van der Waals surface area contributed by atoms with E-state index in [2.05, 4.69) is 10.3 Å². The molecule has 5 nitrogen and oxygen atoms in total. The second-order valence-electron chi connectivity index (χ2n) is 3.58. The average molecular weight is 264 g/mol. The summed E-state index contributed by atoms with van der Waals surface area (Å²) in [5.74, 6) is -0.485. The van der Waals surface area contributed by atoms with E-state index in [-0.39, 0.29) is 16.3 Å². The second kappa shape index (κ2) is 4.93. The lowest BCUT2D eigenvalue weighted by Gasteiger charge is -2.08. The first-order valence-corrected chi connectivity index (χ1v) is 5.45. The number of nitrogens with one attached hydrogen (secondary N) is 1. The zero-order chi connectivity index (χ0) is 13.1. The van der Waals surface area contributed by atoms with Crippen molar-refractivity contribution in [1.82, 2.24) is 4.98 Å².